The zero-order valence-corrected chi connectivity index (χ0v) is 10.6. The molecule has 0 atom stereocenters. The second-order valence-electron chi connectivity index (χ2n) is 4.24. The lowest BCUT2D eigenvalue weighted by Gasteiger charge is -2.04. The van der Waals surface area contributed by atoms with Gasteiger partial charge in [0.25, 0.3) is 0 Å². The van der Waals surface area contributed by atoms with Gasteiger partial charge in [0.05, 0.1) is 23.5 Å². The van der Waals surface area contributed by atoms with Crippen molar-refractivity contribution in [1.29, 1.82) is 0 Å². The molecule has 2 aromatic heterocycles. The zero-order valence-electron chi connectivity index (χ0n) is 10.6. The molecule has 0 aliphatic carbocycles. The predicted octanol–water partition coefficient (Wildman–Crippen LogP) is 2.84. The highest BCUT2D eigenvalue weighted by Gasteiger charge is 2.04. The SMILES string of the molecule is COCc1cc(-c2cnc3ccccc3c2)ncn1. The van der Waals surface area contributed by atoms with Gasteiger partial charge < -0.3 is 4.74 Å². The van der Waals surface area contributed by atoms with E-state index in [2.05, 4.69) is 21.0 Å². The van der Waals surface area contributed by atoms with Crippen molar-refractivity contribution < 1.29 is 4.74 Å². The van der Waals surface area contributed by atoms with Crippen molar-refractivity contribution in [1.82, 2.24) is 15.0 Å². The summed E-state index contributed by atoms with van der Waals surface area (Å²) in [4.78, 5) is 12.9. The van der Waals surface area contributed by atoms with Crippen molar-refractivity contribution in [3.05, 3.63) is 54.6 Å². The lowest BCUT2D eigenvalue weighted by molar-refractivity contribution is 0.181. The van der Waals surface area contributed by atoms with Gasteiger partial charge in [0.15, 0.2) is 0 Å². The van der Waals surface area contributed by atoms with Crippen molar-refractivity contribution >= 4 is 10.9 Å². The highest BCUT2D eigenvalue weighted by Crippen LogP contribution is 2.21. The molecule has 0 bridgehead atoms. The fourth-order valence-electron chi connectivity index (χ4n) is 1.99. The third kappa shape index (κ3) is 2.44. The Morgan fingerprint density at radius 3 is 2.84 bits per heavy atom. The topological polar surface area (TPSA) is 47.9 Å². The average molecular weight is 251 g/mol. The zero-order chi connectivity index (χ0) is 13.1. The molecule has 0 amide bonds. The Morgan fingerprint density at radius 1 is 1.05 bits per heavy atom. The van der Waals surface area contributed by atoms with Crippen LogP contribution in [0, 0.1) is 0 Å². The molecule has 0 aliphatic rings. The van der Waals surface area contributed by atoms with E-state index in [0.717, 1.165) is 27.9 Å². The molecule has 3 aromatic rings. The summed E-state index contributed by atoms with van der Waals surface area (Å²) in [7, 11) is 1.65. The quantitative estimate of drug-likeness (QED) is 0.718. The molecule has 2 heterocycles. The van der Waals surface area contributed by atoms with E-state index in [1.165, 1.54) is 0 Å². The maximum Gasteiger partial charge on any atom is 0.116 e. The van der Waals surface area contributed by atoms with Gasteiger partial charge in [-0.15, -0.1) is 0 Å². The fraction of sp³-hybridized carbons (Fsp3) is 0.133. The van der Waals surface area contributed by atoms with Crippen LogP contribution in [0.25, 0.3) is 22.2 Å². The van der Waals surface area contributed by atoms with Gasteiger partial charge in [-0.3, -0.25) is 4.98 Å². The molecule has 3 rings (SSSR count). The summed E-state index contributed by atoms with van der Waals surface area (Å²) in [5.41, 5.74) is 3.69. The number of methoxy groups -OCH3 is 1. The van der Waals surface area contributed by atoms with Crippen molar-refractivity contribution in [2.75, 3.05) is 7.11 Å². The molecule has 0 aliphatic heterocycles. The first kappa shape index (κ1) is 11.7. The van der Waals surface area contributed by atoms with Crippen LogP contribution >= 0.6 is 0 Å². The van der Waals surface area contributed by atoms with Crippen LogP contribution in [0.4, 0.5) is 0 Å². The Bertz CT molecular complexity index is 712. The van der Waals surface area contributed by atoms with E-state index in [1.807, 2.05) is 36.5 Å². The van der Waals surface area contributed by atoms with Gasteiger partial charge >= 0.3 is 0 Å². The molecule has 0 N–H and O–H groups in total. The molecule has 0 radical (unpaired) electrons. The van der Waals surface area contributed by atoms with E-state index < -0.39 is 0 Å². The van der Waals surface area contributed by atoms with Crippen LogP contribution in [0.15, 0.2) is 48.9 Å². The molecular formula is C15H13N3O. The van der Waals surface area contributed by atoms with Crippen LogP contribution in [0.1, 0.15) is 5.69 Å². The maximum absolute atomic E-state index is 5.08. The van der Waals surface area contributed by atoms with E-state index >= 15 is 0 Å². The summed E-state index contributed by atoms with van der Waals surface area (Å²) >= 11 is 0. The summed E-state index contributed by atoms with van der Waals surface area (Å²) < 4.78 is 5.08. The third-order valence-electron chi connectivity index (χ3n) is 2.90. The number of fused-ring (bicyclic) bond motifs is 1. The van der Waals surface area contributed by atoms with Crippen molar-refractivity contribution in [3.8, 4) is 11.3 Å². The highest BCUT2D eigenvalue weighted by atomic mass is 16.5. The van der Waals surface area contributed by atoms with E-state index in [9.17, 15) is 0 Å². The van der Waals surface area contributed by atoms with Crippen molar-refractivity contribution in [2.45, 2.75) is 6.61 Å². The molecule has 0 fully saturated rings. The lowest BCUT2D eigenvalue weighted by Crippen LogP contribution is -1.95. The number of nitrogens with zero attached hydrogens (tertiary/aromatic N) is 3. The molecule has 19 heavy (non-hydrogen) atoms. The van der Waals surface area contributed by atoms with Crippen molar-refractivity contribution in [2.24, 2.45) is 0 Å². The standard InChI is InChI=1S/C15H13N3O/c1-19-9-13-7-15(18-10-17-13)12-6-11-4-2-3-5-14(11)16-8-12/h2-8,10H,9H2,1H3. The Morgan fingerprint density at radius 2 is 1.95 bits per heavy atom. The fourth-order valence-corrected chi connectivity index (χ4v) is 1.99. The van der Waals surface area contributed by atoms with Gasteiger partial charge in [-0.1, -0.05) is 18.2 Å². The largest absolute Gasteiger partial charge is 0.378 e. The van der Waals surface area contributed by atoms with Crippen LogP contribution in [-0.2, 0) is 11.3 Å². The highest BCUT2D eigenvalue weighted by molar-refractivity contribution is 5.82. The minimum Gasteiger partial charge on any atom is -0.378 e. The number of pyridine rings is 1. The number of rotatable bonds is 3. The van der Waals surface area contributed by atoms with Gasteiger partial charge in [0, 0.05) is 24.3 Å². The van der Waals surface area contributed by atoms with E-state index in [4.69, 9.17) is 4.74 Å². The second-order valence-corrected chi connectivity index (χ2v) is 4.24. The number of aromatic nitrogens is 3. The van der Waals surface area contributed by atoms with E-state index in [1.54, 1.807) is 13.4 Å². The number of ether oxygens (including phenoxy) is 1. The van der Waals surface area contributed by atoms with Gasteiger partial charge in [-0.2, -0.15) is 0 Å². The summed E-state index contributed by atoms with van der Waals surface area (Å²) in [6.07, 6.45) is 3.39. The van der Waals surface area contributed by atoms with Gasteiger partial charge in [0.1, 0.15) is 6.33 Å². The van der Waals surface area contributed by atoms with Crippen LogP contribution in [0.3, 0.4) is 0 Å². The first-order chi connectivity index (χ1) is 9.36. The molecule has 1 aromatic carbocycles. The first-order valence-corrected chi connectivity index (χ1v) is 6.02. The Labute approximate surface area is 111 Å². The molecule has 0 spiro atoms. The summed E-state index contributed by atoms with van der Waals surface area (Å²) in [6.45, 7) is 0.483. The number of para-hydroxylation sites is 1. The summed E-state index contributed by atoms with van der Waals surface area (Å²) in [5, 5.41) is 1.10. The Hall–Kier alpha value is -2.33. The smallest absolute Gasteiger partial charge is 0.116 e. The first-order valence-electron chi connectivity index (χ1n) is 6.02. The van der Waals surface area contributed by atoms with Crippen molar-refractivity contribution in [3.63, 3.8) is 0 Å². The lowest BCUT2D eigenvalue weighted by atomic mass is 10.1. The van der Waals surface area contributed by atoms with E-state index in [-0.39, 0.29) is 0 Å². The molecule has 0 saturated heterocycles. The minimum atomic E-state index is 0.483. The molecule has 4 nitrogen and oxygen atoms in total. The Balaban J connectivity index is 2.05. The van der Waals surface area contributed by atoms with E-state index in [0.29, 0.717) is 6.61 Å². The number of benzene rings is 1. The minimum absolute atomic E-state index is 0.483. The predicted molar refractivity (Wildman–Crippen MR) is 73.5 cm³/mol. The number of hydrogen-bond donors (Lipinski definition) is 0. The molecule has 0 saturated carbocycles. The van der Waals surface area contributed by atoms with Gasteiger partial charge in [0.2, 0.25) is 0 Å². The van der Waals surface area contributed by atoms with Crippen LogP contribution in [-0.4, -0.2) is 22.1 Å². The molecule has 4 heteroatoms. The summed E-state index contributed by atoms with van der Waals surface area (Å²) in [6, 6.07) is 12.0. The third-order valence-corrected chi connectivity index (χ3v) is 2.90. The normalized spacial score (nSPS) is 10.8. The van der Waals surface area contributed by atoms with Crippen LogP contribution in [0.2, 0.25) is 0 Å². The monoisotopic (exact) mass is 251 g/mol. The van der Waals surface area contributed by atoms with Crippen LogP contribution in [0.5, 0.6) is 0 Å². The molecule has 94 valence electrons. The average Bonchev–Trinajstić information content (AvgIpc) is 2.47. The molecular weight excluding hydrogens is 238 g/mol. The van der Waals surface area contributed by atoms with Gasteiger partial charge in [-0.25, -0.2) is 9.97 Å². The molecule has 0 unspecified atom stereocenters. The second kappa shape index (κ2) is 5.12. The Kier molecular flexibility index (Phi) is 3.16. The number of hydrogen-bond acceptors (Lipinski definition) is 4. The maximum atomic E-state index is 5.08. The van der Waals surface area contributed by atoms with Gasteiger partial charge in [-0.05, 0) is 18.2 Å². The van der Waals surface area contributed by atoms with Crippen LogP contribution < -0.4 is 0 Å². The summed E-state index contributed by atoms with van der Waals surface area (Å²) in [5.74, 6) is 0.